The van der Waals surface area contributed by atoms with E-state index in [-0.39, 0.29) is 0 Å². The van der Waals surface area contributed by atoms with E-state index in [1.54, 1.807) is 0 Å². The molecule has 10 aromatic rings. The quantitative estimate of drug-likeness (QED) is 0.136. The molecule has 1 heteroatoms. The fraction of sp³-hybridized carbons (Fsp3) is 0. The van der Waals surface area contributed by atoms with Gasteiger partial charge in [-0.2, -0.15) is 0 Å². The first-order valence-electron chi connectivity index (χ1n) is 29.4. The molecule has 9 aromatic carbocycles. The lowest BCUT2D eigenvalue weighted by Gasteiger charge is -2.18. The van der Waals surface area contributed by atoms with Crippen LogP contribution >= 0.6 is 0 Å². The first-order valence-corrected chi connectivity index (χ1v) is 14.4. The van der Waals surface area contributed by atoms with E-state index in [0.717, 1.165) is 0 Å². The lowest BCUT2D eigenvalue weighted by atomic mass is 9.84. The molecule has 0 N–H and O–H groups in total. The molecule has 228 valence electrons. The first kappa shape index (κ1) is 11.1. The Kier molecular flexibility index (Phi) is 2.50. The maximum atomic E-state index is 10.1. The zero-order chi connectivity index (χ0) is 58.4. The molecule has 0 amide bonds. The molecule has 0 saturated carbocycles. The van der Waals surface area contributed by atoms with Crippen LogP contribution in [0.4, 0.5) is 0 Å². The highest BCUT2D eigenvalue weighted by atomic mass is 16.3. The summed E-state index contributed by atoms with van der Waals surface area (Å²) < 4.78 is 278. The fourth-order valence-corrected chi connectivity index (χ4v) is 5.97. The second-order valence-corrected chi connectivity index (χ2v) is 10.5. The summed E-state index contributed by atoms with van der Waals surface area (Å²) in [4.78, 5) is 0. The molecule has 0 aliphatic rings. The Bertz CT molecular complexity index is 4460. The molecule has 0 atom stereocenters. The minimum absolute atomic E-state index is 0.610. The molecule has 0 aliphatic heterocycles. The third kappa shape index (κ3) is 4.33. The number of rotatable bonds is 4. The van der Waals surface area contributed by atoms with E-state index in [2.05, 4.69) is 0 Å². The third-order valence-electron chi connectivity index (χ3n) is 7.94. The molecule has 0 fully saturated rings. The lowest BCUT2D eigenvalue weighted by Crippen LogP contribution is -1.92. The Morgan fingerprint density at radius 2 is 0.837 bits per heavy atom. The van der Waals surface area contributed by atoms with Crippen LogP contribution in [0.5, 0.6) is 0 Å². The molecule has 0 saturated heterocycles. The summed E-state index contributed by atoms with van der Waals surface area (Å²) >= 11 is 0. The standard InChI is InChI=1S/C48H30O/c1-3-15-31(16-4-1)33-27-28-44-43(29-33)47(48(49-44)42-30-34-19-7-8-20-35(34)36-21-9-10-22-37(36)42)46-40-25-13-11-23-38(40)45(32-17-5-2-6-18-32)39-24-12-14-26-41(39)46/h1-30H/i1D,2D,3D,4D,5D,6D,7D,8D,9D,10D,11D,12D,13D,14D,15D,16D,17D,18D,19D,20D,21D,22D,23D,24D,25D,26D,27D,28D,29D,30D. The smallest absolute Gasteiger partial charge is 0.143 e. The molecule has 0 radical (unpaired) electrons. The largest absolute Gasteiger partial charge is 0.455 e. The second-order valence-electron chi connectivity index (χ2n) is 10.5. The zero-order valence-corrected chi connectivity index (χ0v) is 24.4. The Labute approximate surface area is 326 Å². The molecule has 0 spiro atoms. The number of hydrogen-bond acceptors (Lipinski definition) is 1. The molecule has 10 rings (SSSR count). The van der Waals surface area contributed by atoms with Crippen molar-refractivity contribution in [2.45, 2.75) is 0 Å². The number of benzene rings is 9. The summed E-state index contributed by atoms with van der Waals surface area (Å²) in [7, 11) is 0. The Morgan fingerprint density at radius 1 is 0.327 bits per heavy atom. The van der Waals surface area contributed by atoms with Crippen LogP contribution in [0, 0.1) is 0 Å². The monoisotopic (exact) mass is 652 g/mol. The molecule has 0 aliphatic carbocycles. The van der Waals surface area contributed by atoms with Crippen molar-refractivity contribution in [1.82, 2.24) is 0 Å². The average Bonchev–Trinajstić information content (AvgIpc) is 4.09. The molecule has 0 bridgehead atoms. The van der Waals surface area contributed by atoms with Gasteiger partial charge in [-0.3, -0.25) is 0 Å². The van der Waals surface area contributed by atoms with E-state index < -0.39 is 280 Å². The minimum atomic E-state index is -1.10. The lowest BCUT2D eigenvalue weighted by molar-refractivity contribution is 0.633. The first-order chi connectivity index (χ1) is 36.8. The van der Waals surface area contributed by atoms with Gasteiger partial charge in [0.15, 0.2) is 0 Å². The molecule has 1 nitrogen and oxygen atoms in total. The van der Waals surface area contributed by atoms with Gasteiger partial charge >= 0.3 is 0 Å². The van der Waals surface area contributed by atoms with E-state index in [0.29, 0.717) is 0 Å². The molecule has 1 aromatic heterocycles. The van der Waals surface area contributed by atoms with Gasteiger partial charge < -0.3 is 4.42 Å². The van der Waals surface area contributed by atoms with Crippen LogP contribution in [0.2, 0.25) is 0 Å². The normalized spacial score (nSPS) is 20.2. The number of hydrogen-bond donors (Lipinski definition) is 0. The van der Waals surface area contributed by atoms with Crippen LogP contribution in [0.3, 0.4) is 0 Å². The highest BCUT2D eigenvalue weighted by Gasteiger charge is 2.25. The Morgan fingerprint density at radius 3 is 1.49 bits per heavy atom. The average molecular weight is 653 g/mol. The molecule has 49 heavy (non-hydrogen) atoms. The number of fused-ring (bicyclic) bond motifs is 6. The van der Waals surface area contributed by atoms with Crippen molar-refractivity contribution in [3.05, 3.63) is 181 Å². The predicted molar refractivity (Wildman–Crippen MR) is 208 cm³/mol. The summed E-state index contributed by atoms with van der Waals surface area (Å²) in [6.07, 6.45) is 0. The zero-order valence-electron chi connectivity index (χ0n) is 54.4. The van der Waals surface area contributed by atoms with Crippen LogP contribution in [0.15, 0.2) is 186 Å². The van der Waals surface area contributed by atoms with E-state index in [9.17, 15) is 13.7 Å². The van der Waals surface area contributed by atoms with Crippen molar-refractivity contribution < 1.29 is 45.5 Å². The molecular formula is C48H30O. The molecule has 1 heterocycles. The van der Waals surface area contributed by atoms with E-state index in [1.165, 1.54) is 0 Å². The van der Waals surface area contributed by atoms with Crippen LogP contribution in [-0.4, -0.2) is 0 Å². The van der Waals surface area contributed by atoms with Gasteiger partial charge in [-0.1, -0.05) is 163 Å². The summed E-state index contributed by atoms with van der Waals surface area (Å²) in [5.41, 5.74) is -6.84. The molecular weight excluding hydrogens is 593 g/mol. The maximum absolute atomic E-state index is 10.1. The Balaban J connectivity index is 1.66. The predicted octanol–water partition coefficient (Wildman–Crippen LogP) is 13.7. The summed E-state index contributed by atoms with van der Waals surface area (Å²) in [5.74, 6) is -0.984. The summed E-state index contributed by atoms with van der Waals surface area (Å²) in [5, 5.41) is -6.92. The molecule has 0 unspecified atom stereocenters. The van der Waals surface area contributed by atoms with Crippen molar-refractivity contribution >= 4 is 54.1 Å². The highest BCUT2D eigenvalue weighted by molar-refractivity contribution is 6.26. The summed E-state index contributed by atoms with van der Waals surface area (Å²) in [6, 6.07) is -30.2. The van der Waals surface area contributed by atoms with Crippen molar-refractivity contribution in [2.24, 2.45) is 0 Å². The van der Waals surface area contributed by atoms with Crippen molar-refractivity contribution in [1.29, 1.82) is 0 Å². The van der Waals surface area contributed by atoms with Gasteiger partial charge in [0.2, 0.25) is 0 Å². The van der Waals surface area contributed by atoms with Crippen LogP contribution in [0.1, 0.15) is 41.1 Å². The van der Waals surface area contributed by atoms with Gasteiger partial charge in [0.05, 0.1) is 41.1 Å². The minimum Gasteiger partial charge on any atom is -0.455 e. The van der Waals surface area contributed by atoms with Gasteiger partial charge in [-0.25, -0.2) is 0 Å². The van der Waals surface area contributed by atoms with Gasteiger partial charge in [-0.05, 0) is 83.5 Å². The maximum Gasteiger partial charge on any atom is 0.143 e. The Hall–Kier alpha value is -6.44. The third-order valence-corrected chi connectivity index (χ3v) is 7.94. The van der Waals surface area contributed by atoms with E-state index in [4.69, 9.17) is 31.8 Å². The van der Waals surface area contributed by atoms with Crippen molar-refractivity contribution in [2.75, 3.05) is 0 Å². The van der Waals surface area contributed by atoms with Crippen molar-refractivity contribution in [3.8, 4) is 44.7 Å². The second kappa shape index (κ2) is 11.1. The van der Waals surface area contributed by atoms with Crippen LogP contribution in [0.25, 0.3) is 98.8 Å². The van der Waals surface area contributed by atoms with E-state index in [1.807, 2.05) is 0 Å². The fourth-order valence-electron chi connectivity index (χ4n) is 5.97. The number of furan rings is 1. The summed E-state index contributed by atoms with van der Waals surface area (Å²) in [6.45, 7) is 0. The van der Waals surface area contributed by atoms with E-state index >= 15 is 0 Å². The topological polar surface area (TPSA) is 13.1 Å². The van der Waals surface area contributed by atoms with Gasteiger partial charge in [-0.15, -0.1) is 0 Å². The van der Waals surface area contributed by atoms with Gasteiger partial charge in [0, 0.05) is 22.1 Å². The highest BCUT2D eigenvalue weighted by Crippen LogP contribution is 2.51. The van der Waals surface area contributed by atoms with Gasteiger partial charge in [0.1, 0.15) is 11.3 Å². The van der Waals surface area contributed by atoms with Crippen LogP contribution in [-0.2, 0) is 0 Å². The SMILES string of the molecule is [2H]c1c([2H])c([2H])c(-c2c([2H])c([2H])c3oc(-c4c([2H])c5c([2H])c([2H])c([2H])c([2H])c5c5c([2H])c([2H])c([2H])c([2H])c45)c(-c4c5c([2H])c([2H])c([2H])c([2H])c5c(-c5c([2H])c([2H])c([2H])c([2H])c5[2H])c5c([2H])c([2H])c([2H])c([2H])c45)c3c2[2H])c([2H])c1[2H]. The van der Waals surface area contributed by atoms with Crippen molar-refractivity contribution in [3.63, 3.8) is 0 Å². The van der Waals surface area contributed by atoms with Gasteiger partial charge in [0.25, 0.3) is 0 Å². The van der Waals surface area contributed by atoms with Crippen LogP contribution < -0.4 is 0 Å².